The summed E-state index contributed by atoms with van der Waals surface area (Å²) in [5.74, 6) is -0.0858. The molecule has 0 fully saturated rings. The van der Waals surface area contributed by atoms with Crippen molar-refractivity contribution in [2.24, 2.45) is 0 Å². The molecule has 1 atom stereocenters. The van der Waals surface area contributed by atoms with Gasteiger partial charge in [0.2, 0.25) is 5.76 Å². The minimum absolute atomic E-state index is 0.150. The Hall–Kier alpha value is -1.68. The fourth-order valence-corrected chi connectivity index (χ4v) is 1.81. The molecule has 0 saturated carbocycles. The minimum atomic E-state index is -0.290. The molecule has 96 valence electrons. The van der Waals surface area contributed by atoms with E-state index < -0.39 is 0 Å². The summed E-state index contributed by atoms with van der Waals surface area (Å²) in [5, 5.41) is 3.47. The van der Waals surface area contributed by atoms with Crippen LogP contribution in [0.1, 0.15) is 18.5 Å². The molecule has 1 aromatic rings. The zero-order valence-corrected chi connectivity index (χ0v) is 10.7. The van der Waals surface area contributed by atoms with Crippen molar-refractivity contribution in [1.29, 1.82) is 0 Å². The Morgan fingerprint density at radius 1 is 1.44 bits per heavy atom. The molecule has 0 spiro atoms. The predicted molar refractivity (Wildman–Crippen MR) is 68.0 cm³/mol. The third kappa shape index (κ3) is 3.17. The summed E-state index contributed by atoms with van der Waals surface area (Å²) < 4.78 is 10.2. The lowest BCUT2D eigenvalue weighted by Gasteiger charge is -2.18. The molecule has 1 aliphatic rings. The molecule has 0 aliphatic carbocycles. The normalized spacial score (nSPS) is 16.0. The monoisotopic (exact) mass is 267 g/mol. The molecule has 1 N–H and O–H groups in total. The average molecular weight is 268 g/mol. The summed E-state index contributed by atoms with van der Waals surface area (Å²) in [5.41, 5.74) is 0.938. The molecule has 1 aromatic carbocycles. The van der Waals surface area contributed by atoms with Gasteiger partial charge in [0.1, 0.15) is 19.5 Å². The van der Waals surface area contributed by atoms with Gasteiger partial charge in [0, 0.05) is 5.02 Å². The Morgan fingerprint density at radius 3 is 2.94 bits per heavy atom. The Morgan fingerprint density at radius 2 is 2.28 bits per heavy atom. The van der Waals surface area contributed by atoms with E-state index in [2.05, 4.69) is 5.32 Å². The van der Waals surface area contributed by atoms with Crippen molar-refractivity contribution in [3.63, 3.8) is 0 Å². The number of carbonyl (C=O) groups is 1. The SMILES string of the molecule is C[C@@H](NC(=O)C1=COCCO1)c1cccc(Cl)c1. The standard InChI is InChI=1S/C13H14ClNO3/c1-9(10-3-2-4-11(14)7-10)15-13(16)12-8-17-5-6-18-12/h2-4,7-9H,5-6H2,1H3,(H,15,16)/t9-/m1/s1. The molecule has 2 rings (SSSR count). The highest BCUT2D eigenvalue weighted by molar-refractivity contribution is 6.30. The fraction of sp³-hybridized carbons (Fsp3) is 0.308. The highest BCUT2D eigenvalue weighted by atomic mass is 35.5. The highest BCUT2D eigenvalue weighted by Gasteiger charge is 2.17. The van der Waals surface area contributed by atoms with Crippen LogP contribution < -0.4 is 5.32 Å². The number of hydrogen-bond acceptors (Lipinski definition) is 3. The van der Waals surface area contributed by atoms with Gasteiger partial charge in [0.25, 0.3) is 5.91 Å². The van der Waals surface area contributed by atoms with Gasteiger partial charge in [-0.15, -0.1) is 0 Å². The molecular formula is C13H14ClNO3. The summed E-state index contributed by atoms with van der Waals surface area (Å²) in [6.07, 6.45) is 1.34. The number of benzene rings is 1. The highest BCUT2D eigenvalue weighted by Crippen LogP contribution is 2.18. The van der Waals surface area contributed by atoms with Crippen LogP contribution in [-0.4, -0.2) is 19.1 Å². The molecule has 0 bridgehead atoms. The molecule has 5 heteroatoms. The van der Waals surface area contributed by atoms with Crippen molar-refractivity contribution in [2.75, 3.05) is 13.2 Å². The lowest BCUT2D eigenvalue weighted by atomic mass is 10.1. The molecule has 1 amide bonds. The van der Waals surface area contributed by atoms with Crippen LogP contribution in [0.5, 0.6) is 0 Å². The van der Waals surface area contributed by atoms with Gasteiger partial charge in [0.15, 0.2) is 0 Å². The van der Waals surface area contributed by atoms with E-state index in [1.54, 1.807) is 6.07 Å². The van der Waals surface area contributed by atoms with Crippen molar-refractivity contribution < 1.29 is 14.3 Å². The molecule has 0 saturated heterocycles. The summed E-state index contributed by atoms with van der Waals surface area (Å²) in [6, 6.07) is 7.21. The Labute approximate surface area is 111 Å². The zero-order chi connectivity index (χ0) is 13.0. The van der Waals surface area contributed by atoms with Crippen molar-refractivity contribution in [1.82, 2.24) is 5.32 Å². The van der Waals surface area contributed by atoms with Gasteiger partial charge in [-0.05, 0) is 24.6 Å². The van der Waals surface area contributed by atoms with Gasteiger partial charge in [-0.25, -0.2) is 0 Å². The van der Waals surface area contributed by atoms with Gasteiger partial charge in [-0.1, -0.05) is 23.7 Å². The third-order valence-corrected chi connectivity index (χ3v) is 2.80. The maximum absolute atomic E-state index is 11.8. The summed E-state index contributed by atoms with van der Waals surface area (Å²) in [4.78, 5) is 11.8. The molecule has 1 aliphatic heterocycles. The number of ether oxygens (including phenoxy) is 2. The van der Waals surface area contributed by atoms with E-state index in [-0.39, 0.29) is 17.7 Å². The zero-order valence-electron chi connectivity index (χ0n) is 9.98. The smallest absolute Gasteiger partial charge is 0.290 e. The third-order valence-electron chi connectivity index (χ3n) is 2.57. The van der Waals surface area contributed by atoms with Gasteiger partial charge >= 0.3 is 0 Å². The van der Waals surface area contributed by atoms with Gasteiger partial charge in [-0.2, -0.15) is 0 Å². The first-order valence-electron chi connectivity index (χ1n) is 5.68. The van der Waals surface area contributed by atoms with E-state index in [1.807, 2.05) is 25.1 Å². The average Bonchev–Trinajstić information content (AvgIpc) is 2.39. The summed E-state index contributed by atoms with van der Waals surface area (Å²) in [7, 11) is 0. The second-order valence-electron chi connectivity index (χ2n) is 3.95. The van der Waals surface area contributed by atoms with Crippen LogP contribution in [0.25, 0.3) is 0 Å². The van der Waals surface area contributed by atoms with Gasteiger partial charge < -0.3 is 14.8 Å². The quantitative estimate of drug-likeness (QED) is 0.915. The first-order chi connectivity index (χ1) is 8.66. The first kappa shape index (κ1) is 12.8. The number of nitrogens with one attached hydrogen (secondary N) is 1. The molecule has 1 heterocycles. The topological polar surface area (TPSA) is 47.6 Å². The largest absolute Gasteiger partial charge is 0.494 e. The molecule has 0 unspecified atom stereocenters. The number of rotatable bonds is 3. The van der Waals surface area contributed by atoms with E-state index >= 15 is 0 Å². The minimum Gasteiger partial charge on any atom is -0.494 e. The van der Waals surface area contributed by atoms with Crippen molar-refractivity contribution in [3.8, 4) is 0 Å². The number of halogens is 1. The van der Waals surface area contributed by atoms with Gasteiger partial charge in [0.05, 0.1) is 6.04 Å². The Balaban J connectivity index is 2.00. The van der Waals surface area contributed by atoms with Crippen molar-refractivity contribution in [2.45, 2.75) is 13.0 Å². The second-order valence-corrected chi connectivity index (χ2v) is 4.39. The summed E-state index contributed by atoms with van der Waals surface area (Å²) in [6.45, 7) is 2.75. The number of carbonyl (C=O) groups excluding carboxylic acids is 1. The molecule has 0 aromatic heterocycles. The molecule has 4 nitrogen and oxygen atoms in total. The van der Waals surface area contributed by atoms with Gasteiger partial charge in [-0.3, -0.25) is 4.79 Å². The lowest BCUT2D eigenvalue weighted by molar-refractivity contribution is -0.122. The fourth-order valence-electron chi connectivity index (χ4n) is 1.61. The summed E-state index contributed by atoms with van der Waals surface area (Å²) >= 11 is 5.91. The predicted octanol–water partition coefficient (Wildman–Crippen LogP) is 2.41. The van der Waals surface area contributed by atoms with Crippen molar-refractivity contribution in [3.05, 3.63) is 46.9 Å². The Bertz CT molecular complexity index is 473. The lowest BCUT2D eigenvalue weighted by Crippen LogP contribution is -2.30. The van der Waals surface area contributed by atoms with E-state index in [0.29, 0.717) is 18.2 Å². The van der Waals surface area contributed by atoms with E-state index in [4.69, 9.17) is 21.1 Å². The van der Waals surface area contributed by atoms with Crippen LogP contribution in [0.2, 0.25) is 5.02 Å². The Kier molecular flexibility index (Phi) is 4.10. The second kappa shape index (κ2) is 5.78. The van der Waals surface area contributed by atoms with Crippen LogP contribution in [0.3, 0.4) is 0 Å². The maximum Gasteiger partial charge on any atom is 0.290 e. The van der Waals surface area contributed by atoms with Crippen LogP contribution in [0.4, 0.5) is 0 Å². The molecule has 0 radical (unpaired) electrons. The van der Waals surface area contributed by atoms with E-state index in [1.165, 1.54) is 6.26 Å². The van der Waals surface area contributed by atoms with Crippen LogP contribution in [0, 0.1) is 0 Å². The van der Waals surface area contributed by atoms with Crippen LogP contribution >= 0.6 is 11.6 Å². The molecule has 18 heavy (non-hydrogen) atoms. The maximum atomic E-state index is 11.8. The van der Waals surface area contributed by atoms with Crippen LogP contribution in [-0.2, 0) is 14.3 Å². The molecular weight excluding hydrogens is 254 g/mol. The first-order valence-corrected chi connectivity index (χ1v) is 6.05. The van der Waals surface area contributed by atoms with Crippen molar-refractivity contribution >= 4 is 17.5 Å². The van der Waals surface area contributed by atoms with E-state index in [9.17, 15) is 4.79 Å². The van der Waals surface area contributed by atoms with Crippen LogP contribution in [0.15, 0.2) is 36.3 Å². The van der Waals surface area contributed by atoms with E-state index in [0.717, 1.165) is 5.56 Å². The number of amides is 1. The number of hydrogen-bond donors (Lipinski definition) is 1.